The molecule has 1 atom stereocenters. The van der Waals surface area contributed by atoms with E-state index < -0.39 is 0 Å². The number of nitrogens with zero attached hydrogens (tertiary/aromatic N) is 2. The number of methoxy groups -OCH3 is 1. The summed E-state index contributed by atoms with van der Waals surface area (Å²) in [7, 11) is 1.37. The molecule has 0 aliphatic carbocycles. The van der Waals surface area contributed by atoms with Crippen molar-refractivity contribution in [2.24, 2.45) is 5.92 Å². The standard InChI is InChI=1S/C12H16N2O2/c1-9-5-6-14(8-9)11-4-3-10(7-13-11)12(15)16-2/h3-4,7,9H,5-6,8H2,1-2H3. The molecule has 1 aliphatic rings. The van der Waals surface area contributed by atoms with Crippen LogP contribution in [0.3, 0.4) is 0 Å². The molecule has 2 heterocycles. The Bertz CT molecular complexity index is 375. The van der Waals surface area contributed by atoms with E-state index in [9.17, 15) is 4.79 Å². The Labute approximate surface area is 95.2 Å². The van der Waals surface area contributed by atoms with Gasteiger partial charge in [0.1, 0.15) is 5.82 Å². The quantitative estimate of drug-likeness (QED) is 0.712. The molecule has 1 unspecified atom stereocenters. The molecule has 0 aromatic carbocycles. The van der Waals surface area contributed by atoms with Crippen LogP contribution in [0.4, 0.5) is 5.82 Å². The summed E-state index contributed by atoms with van der Waals surface area (Å²) < 4.78 is 4.63. The summed E-state index contributed by atoms with van der Waals surface area (Å²) in [5.74, 6) is 1.33. The van der Waals surface area contributed by atoms with Gasteiger partial charge in [0.15, 0.2) is 0 Å². The van der Waals surface area contributed by atoms with E-state index in [2.05, 4.69) is 21.5 Å². The van der Waals surface area contributed by atoms with Crippen molar-refractivity contribution < 1.29 is 9.53 Å². The first kappa shape index (κ1) is 10.9. The third-order valence-electron chi connectivity index (χ3n) is 2.92. The van der Waals surface area contributed by atoms with Crippen molar-refractivity contribution in [1.82, 2.24) is 4.98 Å². The second-order valence-corrected chi connectivity index (χ2v) is 4.24. The second kappa shape index (κ2) is 4.51. The van der Waals surface area contributed by atoms with Crippen LogP contribution in [-0.4, -0.2) is 31.2 Å². The maximum Gasteiger partial charge on any atom is 0.339 e. The molecule has 1 saturated heterocycles. The molecule has 86 valence electrons. The number of carbonyl (C=O) groups excluding carboxylic acids is 1. The van der Waals surface area contributed by atoms with Crippen LogP contribution < -0.4 is 4.90 Å². The van der Waals surface area contributed by atoms with E-state index >= 15 is 0 Å². The summed E-state index contributed by atoms with van der Waals surface area (Å²) in [6, 6.07) is 3.64. The van der Waals surface area contributed by atoms with E-state index in [0.717, 1.165) is 24.8 Å². The van der Waals surface area contributed by atoms with E-state index in [1.54, 1.807) is 12.3 Å². The average Bonchev–Trinajstić information content (AvgIpc) is 2.75. The van der Waals surface area contributed by atoms with Gasteiger partial charge < -0.3 is 9.64 Å². The van der Waals surface area contributed by atoms with Crippen LogP contribution in [0.5, 0.6) is 0 Å². The number of hydrogen-bond acceptors (Lipinski definition) is 4. The Morgan fingerprint density at radius 3 is 2.88 bits per heavy atom. The number of hydrogen-bond donors (Lipinski definition) is 0. The predicted octanol–water partition coefficient (Wildman–Crippen LogP) is 1.71. The van der Waals surface area contributed by atoms with E-state index in [0.29, 0.717) is 5.56 Å². The third kappa shape index (κ3) is 2.15. The molecule has 1 aromatic heterocycles. The Kier molecular flexibility index (Phi) is 3.08. The van der Waals surface area contributed by atoms with Crippen LogP contribution in [0.15, 0.2) is 18.3 Å². The number of rotatable bonds is 2. The van der Waals surface area contributed by atoms with Crippen molar-refractivity contribution in [2.45, 2.75) is 13.3 Å². The second-order valence-electron chi connectivity index (χ2n) is 4.24. The van der Waals surface area contributed by atoms with Gasteiger partial charge in [-0.2, -0.15) is 0 Å². The lowest BCUT2D eigenvalue weighted by molar-refractivity contribution is 0.0600. The number of carbonyl (C=O) groups is 1. The number of anilines is 1. The summed E-state index contributed by atoms with van der Waals surface area (Å²) in [6.07, 6.45) is 2.78. The van der Waals surface area contributed by atoms with Crippen molar-refractivity contribution in [3.63, 3.8) is 0 Å². The van der Waals surface area contributed by atoms with Gasteiger partial charge >= 0.3 is 5.97 Å². The normalized spacial score (nSPS) is 19.9. The van der Waals surface area contributed by atoms with Crippen LogP contribution in [0.25, 0.3) is 0 Å². The molecular weight excluding hydrogens is 204 g/mol. The predicted molar refractivity (Wildman–Crippen MR) is 61.6 cm³/mol. The van der Waals surface area contributed by atoms with Crippen molar-refractivity contribution >= 4 is 11.8 Å². The van der Waals surface area contributed by atoms with Gasteiger partial charge in [-0.1, -0.05) is 6.92 Å². The molecule has 0 amide bonds. The van der Waals surface area contributed by atoms with Crippen molar-refractivity contribution in [3.8, 4) is 0 Å². The molecule has 4 heteroatoms. The van der Waals surface area contributed by atoms with E-state index in [4.69, 9.17) is 0 Å². The lowest BCUT2D eigenvalue weighted by Gasteiger charge is -2.16. The third-order valence-corrected chi connectivity index (χ3v) is 2.92. The van der Waals surface area contributed by atoms with Crippen LogP contribution in [0.1, 0.15) is 23.7 Å². The highest BCUT2D eigenvalue weighted by Crippen LogP contribution is 2.21. The number of esters is 1. The maximum atomic E-state index is 11.2. The van der Waals surface area contributed by atoms with Gasteiger partial charge in [-0.3, -0.25) is 0 Å². The fourth-order valence-corrected chi connectivity index (χ4v) is 1.95. The van der Waals surface area contributed by atoms with Gasteiger partial charge in [-0.25, -0.2) is 9.78 Å². The lowest BCUT2D eigenvalue weighted by atomic mass is 10.2. The summed E-state index contributed by atoms with van der Waals surface area (Å²) in [5.41, 5.74) is 0.499. The largest absolute Gasteiger partial charge is 0.465 e. The zero-order valence-corrected chi connectivity index (χ0v) is 9.64. The highest BCUT2D eigenvalue weighted by atomic mass is 16.5. The average molecular weight is 220 g/mol. The Balaban J connectivity index is 2.10. The van der Waals surface area contributed by atoms with Crippen LogP contribution in [-0.2, 0) is 4.74 Å². The fraction of sp³-hybridized carbons (Fsp3) is 0.500. The Hall–Kier alpha value is -1.58. The van der Waals surface area contributed by atoms with Crippen LogP contribution in [0.2, 0.25) is 0 Å². The maximum absolute atomic E-state index is 11.2. The molecule has 0 N–H and O–H groups in total. The molecule has 1 fully saturated rings. The molecule has 0 bridgehead atoms. The van der Waals surface area contributed by atoms with Gasteiger partial charge in [0.05, 0.1) is 12.7 Å². The highest BCUT2D eigenvalue weighted by Gasteiger charge is 2.19. The smallest absolute Gasteiger partial charge is 0.339 e. The number of aromatic nitrogens is 1. The fourth-order valence-electron chi connectivity index (χ4n) is 1.95. The summed E-state index contributed by atoms with van der Waals surface area (Å²) >= 11 is 0. The Morgan fingerprint density at radius 1 is 1.56 bits per heavy atom. The first-order chi connectivity index (χ1) is 7.70. The molecular formula is C12H16N2O2. The molecule has 1 aliphatic heterocycles. The Morgan fingerprint density at radius 2 is 2.38 bits per heavy atom. The molecule has 0 saturated carbocycles. The van der Waals surface area contributed by atoms with Gasteiger partial charge in [-0.05, 0) is 24.5 Å². The van der Waals surface area contributed by atoms with Crippen LogP contribution in [0, 0.1) is 5.92 Å². The zero-order valence-electron chi connectivity index (χ0n) is 9.64. The summed E-state index contributed by atoms with van der Waals surface area (Å²) in [6.45, 7) is 4.33. The minimum Gasteiger partial charge on any atom is -0.465 e. The molecule has 4 nitrogen and oxygen atoms in total. The molecule has 2 rings (SSSR count). The summed E-state index contributed by atoms with van der Waals surface area (Å²) in [4.78, 5) is 17.8. The van der Waals surface area contributed by atoms with Gasteiger partial charge in [-0.15, -0.1) is 0 Å². The van der Waals surface area contributed by atoms with E-state index in [-0.39, 0.29) is 5.97 Å². The van der Waals surface area contributed by atoms with Crippen LogP contribution >= 0.6 is 0 Å². The summed E-state index contributed by atoms with van der Waals surface area (Å²) in [5, 5.41) is 0. The van der Waals surface area contributed by atoms with Crippen molar-refractivity contribution in [2.75, 3.05) is 25.1 Å². The minimum atomic E-state index is -0.339. The van der Waals surface area contributed by atoms with Crippen molar-refractivity contribution in [1.29, 1.82) is 0 Å². The molecule has 16 heavy (non-hydrogen) atoms. The van der Waals surface area contributed by atoms with Crippen molar-refractivity contribution in [3.05, 3.63) is 23.9 Å². The minimum absolute atomic E-state index is 0.339. The zero-order chi connectivity index (χ0) is 11.5. The monoisotopic (exact) mass is 220 g/mol. The highest BCUT2D eigenvalue weighted by molar-refractivity contribution is 5.89. The van der Waals surface area contributed by atoms with Gasteiger partial charge in [0.25, 0.3) is 0 Å². The lowest BCUT2D eigenvalue weighted by Crippen LogP contribution is -2.20. The topological polar surface area (TPSA) is 42.4 Å². The molecule has 0 radical (unpaired) electrons. The molecule has 1 aromatic rings. The van der Waals surface area contributed by atoms with Gasteiger partial charge in [0.2, 0.25) is 0 Å². The van der Waals surface area contributed by atoms with E-state index in [1.165, 1.54) is 13.5 Å². The van der Waals surface area contributed by atoms with E-state index in [1.807, 2.05) is 6.07 Å². The van der Waals surface area contributed by atoms with Gasteiger partial charge in [0, 0.05) is 19.3 Å². The number of ether oxygens (including phenoxy) is 1. The molecule has 0 spiro atoms. The first-order valence-electron chi connectivity index (χ1n) is 5.50. The SMILES string of the molecule is COC(=O)c1ccc(N2CCC(C)C2)nc1. The number of pyridine rings is 1. The first-order valence-corrected chi connectivity index (χ1v) is 5.50.